The van der Waals surface area contributed by atoms with Crippen molar-refractivity contribution in [3.8, 4) is 0 Å². The van der Waals surface area contributed by atoms with Crippen molar-refractivity contribution in [2.45, 2.75) is 25.0 Å². The van der Waals surface area contributed by atoms with E-state index in [4.69, 9.17) is 4.74 Å². The summed E-state index contributed by atoms with van der Waals surface area (Å²) in [5.74, 6) is -0.306. The summed E-state index contributed by atoms with van der Waals surface area (Å²) in [5, 5.41) is 1.17. The summed E-state index contributed by atoms with van der Waals surface area (Å²) in [5.41, 5.74) is 0.554. The Kier molecular flexibility index (Phi) is 4.79. The maximum Gasteiger partial charge on any atom is 0.307 e. The molecule has 0 unspecified atom stereocenters. The number of thioether (sulfide) groups is 1. The van der Waals surface area contributed by atoms with Gasteiger partial charge in [0.15, 0.2) is 5.16 Å². The van der Waals surface area contributed by atoms with Crippen molar-refractivity contribution in [2.75, 3.05) is 12.9 Å². The Labute approximate surface area is 121 Å². The monoisotopic (exact) mass is 292 g/mol. The number of hydrogen-bond donors (Lipinski definition) is 0. The summed E-state index contributed by atoms with van der Waals surface area (Å²) in [6.07, 6.45) is 2.03. The predicted molar refractivity (Wildman–Crippen MR) is 79.0 cm³/mol. The van der Waals surface area contributed by atoms with E-state index >= 15 is 0 Å². The van der Waals surface area contributed by atoms with Crippen molar-refractivity contribution in [3.05, 3.63) is 34.6 Å². The van der Waals surface area contributed by atoms with Gasteiger partial charge in [-0.15, -0.1) is 0 Å². The molecule has 0 fully saturated rings. The highest BCUT2D eigenvalue weighted by Crippen LogP contribution is 2.15. The number of esters is 1. The van der Waals surface area contributed by atoms with Crippen molar-refractivity contribution < 1.29 is 9.53 Å². The van der Waals surface area contributed by atoms with Crippen LogP contribution in [0.1, 0.15) is 13.3 Å². The molecule has 5 nitrogen and oxygen atoms in total. The van der Waals surface area contributed by atoms with Crippen molar-refractivity contribution in [3.63, 3.8) is 0 Å². The van der Waals surface area contributed by atoms with Gasteiger partial charge in [0.05, 0.1) is 23.9 Å². The van der Waals surface area contributed by atoms with Crippen LogP contribution in [0.2, 0.25) is 0 Å². The molecule has 0 saturated heterocycles. The number of rotatable bonds is 5. The molecule has 2 rings (SSSR count). The minimum atomic E-state index is -0.306. The molecule has 0 atom stereocenters. The Morgan fingerprint density at radius 3 is 2.85 bits per heavy atom. The van der Waals surface area contributed by atoms with Gasteiger partial charge in [0, 0.05) is 6.54 Å². The molecule has 1 aromatic carbocycles. The van der Waals surface area contributed by atoms with Crippen LogP contribution in [0.5, 0.6) is 0 Å². The lowest BCUT2D eigenvalue weighted by molar-refractivity contribution is -0.143. The zero-order valence-electron chi connectivity index (χ0n) is 11.5. The van der Waals surface area contributed by atoms with E-state index < -0.39 is 0 Å². The quantitative estimate of drug-likeness (QED) is 0.479. The minimum absolute atomic E-state index is 0.121. The second-order valence-corrected chi connectivity index (χ2v) is 4.90. The van der Waals surface area contributed by atoms with E-state index in [1.54, 1.807) is 19.1 Å². The highest BCUT2D eigenvalue weighted by Gasteiger charge is 2.11. The van der Waals surface area contributed by atoms with Gasteiger partial charge in [-0.2, -0.15) is 0 Å². The summed E-state index contributed by atoms with van der Waals surface area (Å²) in [4.78, 5) is 28.3. The van der Waals surface area contributed by atoms with Crippen molar-refractivity contribution in [2.24, 2.45) is 0 Å². The van der Waals surface area contributed by atoms with Gasteiger partial charge in [0.2, 0.25) is 0 Å². The molecule has 1 aromatic heterocycles. The first-order valence-electron chi connectivity index (χ1n) is 6.36. The van der Waals surface area contributed by atoms with Gasteiger partial charge < -0.3 is 4.74 Å². The van der Waals surface area contributed by atoms with Crippen LogP contribution >= 0.6 is 11.8 Å². The summed E-state index contributed by atoms with van der Waals surface area (Å²) in [6.45, 7) is 2.39. The molecule has 106 valence electrons. The van der Waals surface area contributed by atoms with Gasteiger partial charge in [-0.3, -0.25) is 14.2 Å². The molecule has 6 heteroatoms. The van der Waals surface area contributed by atoms with Crippen LogP contribution in [0.15, 0.2) is 34.2 Å². The van der Waals surface area contributed by atoms with E-state index in [9.17, 15) is 9.59 Å². The molecule has 2 aromatic rings. The predicted octanol–water partition coefficient (Wildman–Crippen LogP) is 2.07. The fraction of sp³-hybridized carbons (Fsp3) is 0.357. The van der Waals surface area contributed by atoms with Crippen LogP contribution in [0, 0.1) is 0 Å². The zero-order chi connectivity index (χ0) is 14.5. The number of nitrogens with zero attached hydrogens (tertiary/aromatic N) is 2. The van der Waals surface area contributed by atoms with Gasteiger partial charge >= 0.3 is 5.97 Å². The van der Waals surface area contributed by atoms with Crippen LogP contribution in [0.3, 0.4) is 0 Å². The van der Waals surface area contributed by atoms with E-state index in [2.05, 4.69) is 4.98 Å². The summed E-state index contributed by atoms with van der Waals surface area (Å²) < 4.78 is 6.41. The Morgan fingerprint density at radius 1 is 1.40 bits per heavy atom. The van der Waals surface area contributed by atoms with Crippen molar-refractivity contribution in [1.29, 1.82) is 0 Å². The van der Waals surface area contributed by atoms with Crippen molar-refractivity contribution in [1.82, 2.24) is 9.55 Å². The largest absolute Gasteiger partial charge is 0.466 e. The lowest BCUT2D eigenvalue weighted by Crippen LogP contribution is -2.24. The second kappa shape index (κ2) is 6.56. The molecule has 0 amide bonds. The van der Waals surface area contributed by atoms with Gasteiger partial charge in [-0.05, 0) is 25.3 Å². The van der Waals surface area contributed by atoms with Crippen LogP contribution in [-0.2, 0) is 16.1 Å². The summed E-state index contributed by atoms with van der Waals surface area (Å²) in [7, 11) is 0. The van der Waals surface area contributed by atoms with Crippen LogP contribution in [0.4, 0.5) is 0 Å². The number of aromatic nitrogens is 2. The van der Waals surface area contributed by atoms with Gasteiger partial charge in [-0.25, -0.2) is 4.98 Å². The maximum atomic E-state index is 12.4. The number of benzene rings is 1. The van der Waals surface area contributed by atoms with Crippen LogP contribution in [-0.4, -0.2) is 28.4 Å². The number of carbonyl (C=O) groups is 1. The minimum Gasteiger partial charge on any atom is -0.466 e. The number of para-hydroxylation sites is 1. The molecule has 0 aliphatic carbocycles. The summed E-state index contributed by atoms with van der Waals surface area (Å²) >= 11 is 1.39. The number of fused-ring (bicyclic) bond motifs is 1. The number of ether oxygens (including phenoxy) is 1. The fourth-order valence-corrected chi connectivity index (χ4v) is 2.52. The molecule has 20 heavy (non-hydrogen) atoms. The van der Waals surface area contributed by atoms with Crippen LogP contribution in [0.25, 0.3) is 10.9 Å². The average Bonchev–Trinajstić information content (AvgIpc) is 2.46. The van der Waals surface area contributed by atoms with Gasteiger partial charge in [-0.1, -0.05) is 23.9 Å². The zero-order valence-corrected chi connectivity index (χ0v) is 12.3. The van der Waals surface area contributed by atoms with E-state index in [1.807, 2.05) is 18.4 Å². The molecular weight excluding hydrogens is 276 g/mol. The van der Waals surface area contributed by atoms with Crippen LogP contribution < -0.4 is 5.56 Å². The third-order valence-electron chi connectivity index (χ3n) is 2.85. The van der Waals surface area contributed by atoms with E-state index in [-0.39, 0.29) is 24.5 Å². The Hall–Kier alpha value is -1.82. The Bertz CT molecular complexity index is 682. The van der Waals surface area contributed by atoms with Gasteiger partial charge in [0.1, 0.15) is 0 Å². The lowest BCUT2D eigenvalue weighted by atomic mass is 10.2. The number of hydrogen-bond acceptors (Lipinski definition) is 5. The third-order valence-corrected chi connectivity index (χ3v) is 3.53. The molecule has 0 aliphatic rings. The molecule has 0 radical (unpaired) electrons. The van der Waals surface area contributed by atoms with Crippen molar-refractivity contribution >= 4 is 28.6 Å². The first-order valence-corrected chi connectivity index (χ1v) is 7.59. The highest BCUT2D eigenvalue weighted by molar-refractivity contribution is 7.98. The van der Waals surface area contributed by atoms with Gasteiger partial charge in [0.25, 0.3) is 5.56 Å². The smallest absolute Gasteiger partial charge is 0.307 e. The molecule has 0 saturated carbocycles. The van der Waals surface area contributed by atoms with E-state index in [0.717, 1.165) is 0 Å². The molecule has 0 bridgehead atoms. The molecule has 0 spiro atoms. The topological polar surface area (TPSA) is 61.2 Å². The lowest BCUT2D eigenvalue weighted by Gasteiger charge is -2.11. The average molecular weight is 292 g/mol. The van der Waals surface area contributed by atoms with E-state index in [1.165, 1.54) is 16.3 Å². The number of carbonyl (C=O) groups excluding carboxylic acids is 1. The third kappa shape index (κ3) is 3.01. The first-order chi connectivity index (χ1) is 9.67. The Morgan fingerprint density at radius 2 is 2.15 bits per heavy atom. The molecule has 0 aliphatic heterocycles. The molecule has 0 N–H and O–H groups in total. The Balaban J connectivity index is 2.38. The van der Waals surface area contributed by atoms with E-state index in [0.29, 0.717) is 22.7 Å². The standard InChI is InChI=1S/C14H16N2O3S/c1-3-19-12(17)8-9-16-13(18)10-6-4-5-7-11(10)15-14(16)20-2/h4-7H,3,8-9H2,1-2H3. The molecular formula is C14H16N2O3S. The summed E-state index contributed by atoms with van der Waals surface area (Å²) in [6, 6.07) is 7.21. The fourth-order valence-electron chi connectivity index (χ4n) is 1.94. The molecule has 1 heterocycles. The SMILES string of the molecule is CCOC(=O)CCn1c(SC)nc2ccccc2c1=O. The normalized spacial score (nSPS) is 10.7. The highest BCUT2D eigenvalue weighted by atomic mass is 32.2. The maximum absolute atomic E-state index is 12.4. The second-order valence-electron chi connectivity index (χ2n) is 4.13. The first kappa shape index (κ1) is 14.6.